The number of ketones is 1. The standard InChI is InChI=1S/C32H37NO6/c1-20-28(31(35)39-19-23-11-8-14-37-23)29(30-24(33-20)16-32(2,3)17-25(30)34)22-12-13-26(27(15-22)36-4)38-18-21-9-6-5-7-10-21/h5-7,9-10,12-13,15,23,28-29,33H,1,8,11,14,16-19H2,2-4H3. The third kappa shape index (κ3) is 5.88. The predicted octanol–water partition coefficient (Wildman–Crippen LogP) is 5.46. The summed E-state index contributed by atoms with van der Waals surface area (Å²) in [7, 11) is 1.59. The molecule has 2 aliphatic heterocycles. The Morgan fingerprint density at radius 3 is 2.64 bits per heavy atom. The second-order valence-corrected chi connectivity index (χ2v) is 11.4. The van der Waals surface area contributed by atoms with E-state index in [1.54, 1.807) is 7.11 Å². The minimum atomic E-state index is -0.767. The Bertz CT molecular complexity index is 1270. The van der Waals surface area contributed by atoms with Gasteiger partial charge in [-0.1, -0.05) is 56.8 Å². The number of rotatable bonds is 8. The van der Waals surface area contributed by atoms with E-state index in [-0.39, 0.29) is 23.9 Å². The highest BCUT2D eigenvalue weighted by Crippen LogP contribution is 2.49. The summed E-state index contributed by atoms with van der Waals surface area (Å²) in [5, 5.41) is 3.32. The van der Waals surface area contributed by atoms with Gasteiger partial charge in [0.1, 0.15) is 19.1 Å². The summed E-state index contributed by atoms with van der Waals surface area (Å²) in [5.41, 5.74) is 3.62. The van der Waals surface area contributed by atoms with Crippen LogP contribution in [-0.2, 0) is 25.7 Å². The summed E-state index contributed by atoms with van der Waals surface area (Å²) < 4.78 is 23.2. The van der Waals surface area contributed by atoms with Gasteiger partial charge in [-0.25, -0.2) is 0 Å². The summed E-state index contributed by atoms with van der Waals surface area (Å²) in [6, 6.07) is 15.5. The lowest BCUT2D eigenvalue weighted by molar-refractivity contribution is -0.151. The number of carbonyl (C=O) groups excluding carboxylic acids is 2. The van der Waals surface area contributed by atoms with Crippen LogP contribution in [0.4, 0.5) is 0 Å². The van der Waals surface area contributed by atoms with Crippen molar-refractivity contribution in [3.63, 3.8) is 0 Å². The summed E-state index contributed by atoms with van der Waals surface area (Å²) >= 11 is 0. The van der Waals surface area contributed by atoms with Crippen molar-refractivity contribution in [2.75, 3.05) is 20.3 Å². The normalized spacial score (nSPS) is 24.1. The van der Waals surface area contributed by atoms with Gasteiger partial charge in [0.05, 0.1) is 13.2 Å². The molecule has 0 bridgehead atoms. The molecule has 0 radical (unpaired) electrons. The number of Topliss-reactive ketones (excluding diaryl/α,β-unsaturated/α-hetero) is 1. The molecule has 1 aliphatic carbocycles. The second kappa shape index (κ2) is 11.3. The third-order valence-corrected chi connectivity index (χ3v) is 7.72. The van der Waals surface area contributed by atoms with Crippen LogP contribution in [-0.4, -0.2) is 38.2 Å². The number of benzene rings is 2. The van der Waals surface area contributed by atoms with Crippen LogP contribution in [0.1, 0.15) is 56.6 Å². The summed E-state index contributed by atoms with van der Waals surface area (Å²) in [4.78, 5) is 27.2. The molecule has 1 saturated heterocycles. The second-order valence-electron chi connectivity index (χ2n) is 11.4. The van der Waals surface area contributed by atoms with Crippen molar-refractivity contribution in [1.82, 2.24) is 5.32 Å². The monoisotopic (exact) mass is 531 g/mol. The maximum absolute atomic E-state index is 13.6. The first-order chi connectivity index (χ1) is 18.8. The number of hydrogen-bond acceptors (Lipinski definition) is 7. The number of ether oxygens (including phenoxy) is 4. The van der Waals surface area contributed by atoms with Gasteiger partial charge in [0.25, 0.3) is 0 Å². The Morgan fingerprint density at radius 2 is 1.92 bits per heavy atom. The number of carbonyl (C=O) groups is 2. The van der Waals surface area contributed by atoms with Crippen molar-refractivity contribution in [2.45, 2.75) is 58.2 Å². The zero-order valence-corrected chi connectivity index (χ0v) is 23.0. The molecule has 3 unspecified atom stereocenters. The molecule has 1 N–H and O–H groups in total. The van der Waals surface area contributed by atoms with E-state index in [1.165, 1.54) is 0 Å². The van der Waals surface area contributed by atoms with E-state index in [0.29, 0.717) is 48.8 Å². The smallest absolute Gasteiger partial charge is 0.315 e. The molecule has 0 spiro atoms. The highest BCUT2D eigenvalue weighted by Gasteiger charge is 2.47. The van der Waals surface area contributed by atoms with Crippen molar-refractivity contribution >= 4 is 11.8 Å². The Kier molecular flexibility index (Phi) is 7.80. The first-order valence-corrected chi connectivity index (χ1v) is 13.6. The van der Waals surface area contributed by atoms with Gasteiger partial charge in [-0.2, -0.15) is 0 Å². The molecule has 1 fully saturated rings. The average molecular weight is 532 g/mol. The minimum Gasteiger partial charge on any atom is -0.493 e. The SMILES string of the molecule is C=C1NC2=C(C(=O)CC(C)(C)C2)C(c2ccc(OCc3ccccc3)c(OC)c2)C1C(=O)OCC1CCCO1. The van der Waals surface area contributed by atoms with Gasteiger partial charge in [-0.05, 0) is 47.9 Å². The molecule has 0 aromatic heterocycles. The largest absolute Gasteiger partial charge is 0.493 e. The number of nitrogens with one attached hydrogen (secondary N) is 1. The van der Waals surface area contributed by atoms with E-state index in [2.05, 4.69) is 25.7 Å². The molecule has 2 aromatic carbocycles. The maximum atomic E-state index is 13.6. The topological polar surface area (TPSA) is 83.1 Å². The van der Waals surface area contributed by atoms with Crippen LogP contribution in [0.25, 0.3) is 0 Å². The molecular weight excluding hydrogens is 494 g/mol. The quantitative estimate of drug-likeness (QED) is 0.453. The molecule has 0 amide bonds. The molecule has 2 heterocycles. The van der Waals surface area contributed by atoms with Gasteiger partial charge in [0, 0.05) is 35.9 Å². The van der Waals surface area contributed by atoms with Crippen LogP contribution in [0.3, 0.4) is 0 Å². The van der Waals surface area contributed by atoms with Crippen LogP contribution in [0.2, 0.25) is 0 Å². The van der Waals surface area contributed by atoms with Crippen LogP contribution in [0, 0.1) is 11.3 Å². The van der Waals surface area contributed by atoms with Gasteiger partial charge < -0.3 is 24.3 Å². The van der Waals surface area contributed by atoms with Crippen LogP contribution >= 0.6 is 0 Å². The summed E-state index contributed by atoms with van der Waals surface area (Å²) in [6.45, 7) is 9.64. The van der Waals surface area contributed by atoms with Gasteiger partial charge in [-0.3, -0.25) is 9.59 Å². The summed E-state index contributed by atoms with van der Waals surface area (Å²) in [5.74, 6) is -0.583. The van der Waals surface area contributed by atoms with Crippen LogP contribution in [0.15, 0.2) is 72.1 Å². The van der Waals surface area contributed by atoms with Crippen LogP contribution in [0.5, 0.6) is 11.5 Å². The zero-order valence-electron chi connectivity index (χ0n) is 23.0. The zero-order chi connectivity index (χ0) is 27.6. The first kappa shape index (κ1) is 27.0. The van der Waals surface area contributed by atoms with Crippen molar-refractivity contribution < 1.29 is 28.5 Å². The van der Waals surface area contributed by atoms with E-state index in [0.717, 1.165) is 29.7 Å². The van der Waals surface area contributed by atoms with Gasteiger partial charge in [-0.15, -0.1) is 0 Å². The fourth-order valence-electron chi connectivity index (χ4n) is 5.86. The molecule has 7 heteroatoms. The van der Waals surface area contributed by atoms with Crippen molar-refractivity contribution in [1.29, 1.82) is 0 Å². The molecule has 7 nitrogen and oxygen atoms in total. The Morgan fingerprint density at radius 1 is 1.13 bits per heavy atom. The van der Waals surface area contributed by atoms with Crippen LogP contribution < -0.4 is 14.8 Å². The number of allylic oxidation sites excluding steroid dienone is 2. The van der Waals surface area contributed by atoms with Crippen molar-refractivity contribution in [3.05, 3.63) is 83.2 Å². The predicted molar refractivity (Wildman–Crippen MR) is 147 cm³/mol. The first-order valence-electron chi connectivity index (χ1n) is 13.6. The lowest BCUT2D eigenvalue weighted by Crippen LogP contribution is -2.44. The lowest BCUT2D eigenvalue weighted by atomic mass is 9.66. The number of esters is 1. The van der Waals surface area contributed by atoms with Gasteiger partial charge in [0.2, 0.25) is 0 Å². The molecule has 5 rings (SSSR count). The molecule has 0 saturated carbocycles. The summed E-state index contributed by atoms with van der Waals surface area (Å²) in [6.07, 6.45) is 2.83. The van der Waals surface area contributed by atoms with E-state index in [1.807, 2.05) is 48.5 Å². The average Bonchev–Trinajstić information content (AvgIpc) is 3.43. The Hall–Kier alpha value is -3.58. The molecule has 206 valence electrons. The van der Waals surface area contributed by atoms with Crippen molar-refractivity contribution in [3.8, 4) is 11.5 Å². The molecule has 2 aromatic rings. The van der Waals surface area contributed by atoms with E-state index < -0.39 is 17.8 Å². The van der Waals surface area contributed by atoms with Crippen molar-refractivity contribution in [2.24, 2.45) is 11.3 Å². The molecule has 39 heavy (non-hydrogen) atoms. The fraction of sp³-hybridized carbons (Fsp3) is 0.438. The number of methoxy groups -OCH3 is 1. The fourth-order valence-corrected chi connectivity index (χ4v) is 5.86. The highest BCUT2D eigenvalue weighted by molar-refractivity contribution is 6.01. The lowest BCUT2D eigenvalue weighted by Gasteiger charge is -2.42. The Balaban J connectivity index is 1.48. The Labute approximate surface area is 230 Å². The molecule has 3 atom stereocenters. The highest BCUT2D eigenvalue weighted by atomic mass is 16.6. The third-order valence-electron chi connectivity index (χ3n) is 7.72. The van der Waals surface area contributed by atoms with Gasteiger partial charge >= 0.3 is 5.97 Å². The molecular formula is C32H37NO6. The van der Waals surface area contributed by atoms with E-state index in [4.69, 9.17) is 18.9 Å². The van der Waals surface area contributed by atoms with E-state index in [9.17, 15) is 9.59 Å². The number of hydrogen-bond donors (Lipinski definition) is 1. The molecule has 3 aliphatic rings. The van der Waals surface area contributed by atoms with Gasteiger partial charge in [0.15, 0.2) is 17.3 Å². The minimum absolute atomic E-state index is 0.0338. The maximum Gasteiger partial charge on any atom is 0.315 e. The van der Waals surface area contributed by atoms with E-state index >= 15 is 0 Å².